The van der Waals surface area contributed by atoms with Crippen molar-refractivity contribution in [1.82, 2.24) is 5.32 Å². The predicted octanol–water partition coefficient (Wildman–Crippen LogP) is 4.29. The van der Waals surface area contributed by atoms with E-state index in [2.05, 4.69) is 19.2 Å². The Morgan fingerprint density at radius 3 is 2.47 bits per heavy atom. The molecule has 0 aromatic rings. The monoisotopic (exact) mass is 265 g/mol. The highest BCUT2D eigenvalue weighted by atomic mass is 16.1. The minimum absolute atomic E-state index is 0.302. The van der Waals surface area contributed by atoms with E-state index >= 15 is 0 Å². The first-order valence-corrected chi connectivity index (χ1v) is 8.46. The summed E-state index contributed by atoms with van der Waals surface area (Å²) in [5.74, 6) is 2.53. The van der Waals surface area contributed by atoms with Crippen molar-refractivity contribution >= 4 is 5.91 Å². The maximum absolute atomic E-state index is 12.1. The van der Waals surface area contributed by atoms with Crippen LogP contribution in [-0.2, 0) is 4.79 Å². The van der Waals surface area contributed by atoms with E-state index in [0.29, 0.717) is 17.9 Å². The molecular weight excluding hydrogens is 234 g/mol. The molecule has 0 bridgehead atoms. The molecule has 0 radical (unpaired) electrons. The molecule has 0 aliphatic heterocycles. The predicted molar refractivity (Wildman–Crippen MR) is 79.9 cm³/mol. The maximum atomic E-state index is 12.1. The Morgan fingerprint density at radius 2 is 1.74 bits per heavy atom. The van der Waals surface area contributed by atoms with E-state index in [0.717, 1.165) is 24.7 Å². The van der Waals surface area contributed by atoms with Gasteiger partial charge in [-0.3, -0.25) is 4.79 Å². The van der Waals surface area contributed by atoms with Crippen molar-refractivity contribution in [1.29, 1.82) is 0 Å². The number of carbonyl (C=O) groups excluding carboxylic acids is 1. The highest BCUT2D eigenvalue weighted by Gasteiger charge is 2.28. The summed E-state index contributed by atoms with van der Waals surface area (Å²) in [6, 6.07) is 0.433. The van der Waals surface area contributed by atoms with Gasteiger partial charge in [0.25, 0.3) is 0 Å². The first-order chi connectivity index (χ1) is 9.16. The minimum Gasteiger partial charge on any atom is -0.353 e. The van der Waals surface area contributed by atoms with Gasteiger partial charge in [0, 0.05) is 12.5 Å². The van der Waals surface area contributed by atoms with E-state index in [9.17, 15) is 4.79 Å². The molecule has 19 heavy (non-hydrogen) atoms. The molecule has 0 aromatic heterocycles. The molecular formula is C17H31NO. The zero-order valence-electron chi connectivity index (χ0n) is 12.8. The third kappa shape index (κ3) is 4.50. The number of amides is 1. The molecule has 0 aromatic carbocycles. The molecule has 1 N–H and O–H groups in total. The smallest absolute Gasteiger partial charge is 0.220 e. The highest BCUT2D eigenvalue weighted by molar-refractivity contribution is 5.76. The third-order valence-corrected chi connectivity index (χ3v) is 5.56. The van der Waals surface area contributed by atoms with Gasteiger partial charge in [-0.1, -0.05) is 58.8 Å². The fraction of sp³-hybridized carbons (Fsp3) is 0.941. The first kappa shape index (κ1) is 14.9. The molecule has 110 valence electrons. The Bertz CT molecular complexity index is 283. The van der Waals surface area contributed by atoms with Crippen molar-refractivity contribution in [2.75, 3.05) is 0 Å². The van der Waals surface area contributed by atoms with Crippen LogP contribution in [0.4, 0.5) is 0 Å². The van der Waals surface area contributed by atoms with Crippen LogP contribution >= 0.6 is 0 Å². The molecule has 0 saturated heterocycles. The first-order valence-electron chi connectivity index (χ1n) is 8.46. The highest BCUT2D eigenvalue weighted by Crippen LogP contribution is 2.30. The second-order valence-corrected chi connectivity index (χ2v) is 6.98. The van der Waals surface area contributed by atoms with Gasteiger partial charge in [0.05, 0.1) is 0 Å². The van der Waals surface area contributed by atoms with Gasteiger partial charge >= 0.3 is 0 Å². The molecule has 2 fully saturated rings. The van der Waals surface area contributed by atoms with Gasteiger partial charge in [-0.15, -0.1) is 0 Å². The van der Waals surface area contributed by atoms with E-state index in [1.54, 1.807) is 0 Å². The second-order valence-electron chi connectivity index (χ2n) is 6.98. The molecule has 2 aliphatic rings. The van der Waals surface area contributed by atoms with Crippen molar-refractivity contribution in [2.24, 2.45) is 17.8 Å². The zero-order chi connectivity index (χ0) is 13.7. The van der Waals surface area contributed by atoms with E-state index in [-0.39, 0.29) is 0 Å². The summed E-state index contributed by atoms with van der Waals surface area (Å²) in [5, 5.41) is 3.30. The SMILES string of the molecule is C[C@H]1[C@H](C)CCC[C@@H]1NC(=O)CCC1CCCCC1. The van der Waals surface area contributed by atoms with Gasteiger partial charge in [-0.05, 0) is 30.6 Å². The molecule has 0 heterocycles. The third-order valence-electron chi connectivity index (χ3n) is 5.56. The van der Waals surface area contributed by atoms with Gasteiger partial charge in [-0.25, -0.2) is 0 Å². The van der Waals surface area contributed by atoms with Crippen molar-refractivity contribution < 1.29 is 4.79 Å². The van der Waals surface area contributed by atoms with Crippen LogP contribution in [0.25, 0.3) is 0 Å². The molecule has 1 amide bonds. The van der Waals surface area contributed by atoms with Crippen LogP contribution in [0.1, 0.15) is 78.1 Å². The van der Waals surface area contributed by atoms with Gasteiger partial charge < -0.3 is 5.32 Å². The van der Waals surface area contributed by atoms with Crippen LogP contribution < -0.4 is 5.32 Å². The molecule has 2 heteroatoms. The molecule has 2 aliphatic carbocycles. The van der Waals surface area contributed by atoms with Crippen LogP contribution in [0, 0.1) is 17.8 Å². The van der Waals surface area contributed by atoms with E-state index in [1.807, 2.05) is 0 Å². The summed E-state index contributed by atoms with van der Waals surface area (Å²) in [4.78, 5) is 12.1. The zero-order valence-corrected chi connectivity index (χ0v) is 12.8. The van der Waals surface area contributed by atoms with Crippen molar-refractivity contribution in [3.63, 3.8) is 0 Å². The lowest BCUT2D eigenvalue weighted by atomic mass is 9.78. The normalized spacial score (nSPS) is 33.1. The van der Waals surface area contributed by atoms with Crippen molar-refractivity contribution in [2.45, 2.75) is 84.1 Å². The van der Waals surface area contributed by atoms with Crippen molar-refractivity contribution in [3.8, 4) is 0 Å². The maximum Gasteiger partial charge on any atom is 0.220 e. The fourth-order valence-electron chi connectivity index (χ4n) is 3.88. The molecule has 0 spiro atoms. The van der Waals surface area contributed by atoms with Crippen molar-refractivity contribution in [3.05, 3.63) is 0 Å². The number of hydrogen-bond donors (Lipinski definition) is 1. The van der Waals surface area contributed by atoms with Gasteiger partial charge in [0.2, 0.25) is 5.91 Å². The van der Waals surface area contributed by atoms with Crippen LogP contribution in [0.2, 0.25) is 0 Å². The van der Waals surface area contributed by atoms with Crippen LogP contribution in [0.15, 0.2) is 0 Å². The molecule has 3 atom stereocenters. The summed E-state index contributed by atoms with van der Waals surface area (Å²) >= 11 is 0. The summed E-state index contributed by atoms with van der Waals surface area (Å²) in [5.41, 5.74) is 0. The lowest BCUT2D eigenvalue weighted by Crippen LogP contribution is -2.43. The van der Waals surface area contributed by atoms with E-state index in [1.165, 1.54) is 51.4 Å². The lowest BCUT2D eigenvalue weighted by Gasteiger charge is -2.34. The van der Waals surface area contributed by atoms with E-state index < -0.39 is 0 Å². The Morgan fingerprint density at radius 1 is 1.00 bits per heavy atom. The van der Waals surface area contributed by atoms with E-state index in [4.69, 9.17) is 0 Å². The lowest BCUT2D eigenvalue weighted by molar-refractivity contribution is -0.122. The summed E-state index contributed by atoms with van der Waals surface area (Å²) < 4.78 is 0. The average Bonchev–Trinajstić information content (AvgIpc) is 2.43. The van der Waals surface area contributed by atoms with Gasteiger partial charge in [0.1, 0.15) is 0 Å². The molecule has 2 nitrogen and oxygen atoms in total. The summed E-state index contributed by atoms with van der Waals surface area (Å²) in [7, 11) is 0. The number of hydrogen-bond acceptors (Lipinski definition) is 1. The Balaban J connectivity index is 1.68. The second kappa shape index (κ2) is 7.31. The number of rotatable bonds is 4. The van der Waals surface area contributed by atoms with Crippen LogP contribution in [0.5, 0.6) is 0 Å². The Kier molecular flexibility index (Phi) is 5.72. The minimum atomic E-state index is 0.302. The summed E-state index contributed by atoms with van der Waals surface area (Å²) in [6.07, 6.45) is 12.5. The molecule has 2 rings (SSSR count). The Labute approximate surface area is 118 Å². The average molecular weight is 265 g/mol. The van der Waals surface area contributed by atoms with Crippen LogP contribution in [0.3, 0.4) is 0 Å². The van der Waals surface area contributed by atoms with Gasteiger partial charge in [0.15, 0.2) is 0 Å². The van der Waals surface area contributed by atoms with Crippen LogP contribution in [-0.4, -0.2) is 11.9 Å². The number of carbonyl (C=O) groups is 1. The Hall–Kier alpha value is -0.530. The molecule has 0 unspecified atom stereocenters. The molecule has 2 saturated carbocycles. The quantitative estimate of drug-likeness (QED) is 0.807. The summed E-state index contributed by atoms with van der Waals surface area (Å²) in [6.45, 7) is 4.63. The number of nitrogens with one attached hydrogen (secondary N) is 1. The fourth-order valence-corrected chi connectivity index (χ4v) is 3.88. The topological polar surface area (TPSA) is 29.1 Å². The largest absolute Gasteiger partial charge is 0.353 e. The standard InChI is InChI=1S/C17H31NO/c1-13-7-6-10-16(14(13)2)18-17(19)12-11-15-8-4-3-5-9-15/h13-16H,3-12H2,1-2H3,(H,18,19)/t13-,14+,16+/m1/s1. The van der Waals surface area contributed by atoms with Gasteiger partial charge in [-0.2, -0.15) is 0 Å².